The minimum absolute atomic E-state index is 0.307. The van der Waals surface area contributed by atoms with Crippen LogP contribution < -0.4 is 0 Å². The van der Waals surface area contributed by atoms with Crippen LogP contribution in [0.15, 0.2) is 0 Å². The van der Waals surface area contributed by atoms with Crippen molar-refractivity contribution in [2.75, 3.05) is 5.75 Å². The fraction of sp³-hybridized carbons (Fsp3) is 0.750. The highest BCUT2D eigenvalue weighted by molar-refractivity contribution is 7.80. The van der Waals surface area contributed by atoms with Crippen molar-refractivity contribution in [3.8, 4) is 11.8 Å². The Morgan fingerprint density at radius 1 is 1.67 bits per heavy atom. The van der Waals surface area contributed by atoms with E-state index in [4.69, 9.17) is 0 Å². The monoisotopic (exact) mass is 140 g/mol. The standard InChI is InChI=1S/C8H12S/c1-8(6-7-9)4-2-3-5-8/h9H,2,4,6-7H2,1H3. The van der Waals surface area contributed by atoms with Crippen molar-refractivity contribution in [1.29, 1.82) is 0 Å². The van der Waals surface area contributed by atoms with Crippen LogP contribution in [0.25, 0.3) is 0 Å². The highest BCUT2D eigenvalue weighted by Crippen LogP contribution is 2.30. The minimum atomic E-state index is 0.307. The fourth-order valence-electron chi connectivity index (χ4n) is 1.11. The molecule has 1 aliphatic carbocycles. The van der Waals surface area contributed by atoms with Crippen LogP contribution in [0, 0.1) is 17.3 Å². The molecule has 0 aromatic rings. The summed E-state index contributed by atoms with van der Waals surface area (Å²) in [6, 6.07) is 0. The molecule has 0 N–H and O–H groups in total. The summed E-state index contributed by atoms with van der Waals surface area (Å²) in [4.78, 5) is 0. The highest BCUT2D eigenvalue weighted by Gasteiger charge is 2.22. The molecule has 1 atom stereocenters. The summed E-state index contributed by atoms with van der Waals surface area (Å²) in [5.74, 6) is 7.31. The number of hydrogen-bond donors (Lipinski definition) is 1. The molecule has 0 amide bonds. The molecule has 1 aliphatic rings. The second kappa shape index (κ2) is 2.66. The number of hydrogen-bond acceptors (Lipinski definition) is 1. The zero-order chi connectivity index (χ0) is 6.74. The van der Waals surface area contributed by atoms with E-state index in [0.29, 0.717) is 5.41 Å². The molecule has 0 fully saturated rings. The Balaban J connectivity index is 2.46. The summed E-state index contributed by atoms with van der Waals surface area (Å²) in [6.07, 6.45) is 3.45. The maximum Gasteiger partial charge on any atom is 0.0303 e. The predicted octanol–water partition coefficient (Wildman–Crippen LogP) is 2.11. The zero-order valence-electron chi connectivity index (χ0n) is 5.78. The van der Waals surface area contributed by atoms with Crippen molar-refractivity contribution in [3.05, 3.63) is 0 Å². The molecule has 0 aromatic heterocycles. The van der Waals surface area contributed by atoms with Gasteiger partial charge in [-0.3, -0.25) is 0 Å². The molecule has 0 spiro atoms. The summed E-state index contributed by atoms with van der Waals surface area (Å²) >= 11 is 4.18. The first kappa shape index (κ1) is 7.02. The third kappa shape index (κ3) is 1.66. The van der Waals surface area contributed by atoms with Crippen LogP contribution in [-0.2, 0) is 0 Å². The van der Waals surface area contributed by atoms with Gasteiger partial charge in [-0.05, 0) is 25.5 Å². The lowest BCUT2D eigenvalue weighted by molar-refractivity contribution is 0.421. The average Bonchev–Trinajstić information content (AvgIpc) is 2.16. The Bertz CT molecular complexity index is 152. The van der Waals surface area contributed by atoms with Gasteiger partial charge in [0.1, 0.15) is 0 Å². The van der Waals surface area contributed by atoms with Gasteiger partial charge in [-0.25, -0.2) is 0 Å². The lowest BCUT2D eigenvalue weighted by atomic mass is 9.87. The molecule has 50 valence electrons. The number of rotatable bonds is 2. The second-order valence-corrected chi connectivity index (χ2v) is 3.28. The molecule has 9 heavy (non-hydrogen) atoms. The Morgan fingerprint density at radius 3 is 2.89 bits per heavy atom. The van der Waals surface area contributed by atoms with E-state index in [1.54, 1.807) is 0 Å². The van der Waals surface area contributed by atoms with Crippen LogP contribution in [0.3, 0.4) is 0 Å². The maximum atomic E-state index is 4.18. The van der Waals surface area contributed by atoms with Crippen molar-refractivity contribution in [2.45, 2.75) is 26.2 Å². The van der Waals surface area contributed by atoms with Crippen LogP contribution >= 0.6 is 12.6 Å². The Kier molecular flexibility index (Phi) is 2.08. The summed E-state index contributed by atoms with van der Waals surface area (Å²) in [5.41, 5.74) is 0.307. The van der Waals surface area contributed by atoms with Crippen molar-refractivity contribution in [3.63, 3.8) is 0 Å². The first-order chi connectivity index (χ1) is 4.27. The Morgan fingerprint density at radius 2 is 2.44 bits per heavy atom. The van der Waals surface area contributed by atoms with Crippen molar-refractivity contribution >= 4 is 12.6 Å². The SMILES string of the molecule is CC1(CCS)C#CCC1. The van der Waals surface area contributed by atoms with Gasteiger partial charge in [0.25, 0.3) is 0 Å². The van der Waals surface area contributed by atoms with Crippen LogP contribution in [-0.4, -0.2) is 5.75 Å². The largest absolute Gasteiger partial charge is 0.179 e. The first-order valence-electron chi connectivity index (χ1n) is 3.38. The molecule has 0 bridgehead atoms. The zero-order valence-corrected chi connectivity index (χ0v) is 6.67. The van der Waals surface area contributed by atoms with Crippen molar-refractivity contribution in [1.82, 2.24) is 0 Å². The lowest BCUT2D eigenvalue weighted by Crippen LogP contribution is -2.10. The van der Waals surface area contributed by atoms with Gasteiger partial charge in [-0.2, -0.15) is 12.6 Å². The molecule has 0 aromatic carbocycles. The van der Waals surface area contributed by atoms with Gasteiger partial charge in [-0.15, -0.1) is 5.92 Å². The Hall–Kier alpha value is -0.0900. The van der Waals surface area contributed by atoms with Gasteiger partial charge in [-0.1, -0.05) is 5.92 Å². The van der Waals surface area contributed by atoms with Gasteiger partial charge < -0.3 is 0 Å². The van der Waals surface area contributed by atoms with Gasteiger partial charge in [0.15, 0.2) is 0 Å². The average molecular weight is 140 g/mol. The molecule has 0 radical (unpaired) electrons. The van der Waals surface area contributed by atoms with Crippen LogP contribution in [0.5, 0.6) is 0 Å². The van der Waals surface area contributed by atoms with E-state index in [1.165, 1.54) is 6.42 Å². The van der Waals surface area contributed by atoms with Gasteiger partial charge >= 0.3 is 0 Å². The Labute approximate surface area is 62.4 Å². The topological polar surface area (TPSA) is 0 Å². The van der Waals surface area contributed by atoms with Crippen LogP contribution in [0.2, 0.25) is 0 Å². The van der Waals surface area contributed by atoms with Gasteiger partial charge in [0.2, 0.25) is 0 Å². The van der Waals surface area contributed by atoms with E-state index in [1.807, 2.05) is 0 Å². The van der Waals surface area contributed by atoms with Crippen molar-refractivity contribution < 1.29 is 0 Å². The third-order valence-corrected chi connectivity index (χ3v) is 2.08. The predicted molar refractivity (Wildman–Crippen MR) is 43.6 cm³/mol. The van der Waals surface area contributed by atoms with Crippen LogP contribution in [0.4, 0.5) is 0 Å². The lowest BCUT2D eigenvalue weighted by Gasteiger charge is -2.17. The maximum absolute atomic E-state index is 4.18. The smallest absolute Gasteiger partial charge is 0.0303 e. The normalized spacial score (nSPS) is 31.8. The van der Waals surface area contributed by atoms with E-state index in [0.717, 1.165) is 18.6 Å². The van der Waals surface area contributed by atoms with Gasteiger partial charge in [0.05, 0.1) is 0 Å². The summed E-state index contributed by atoms with van der Waals surface area (Å²) in [6.45, 7) is 2.23. The van der Waals surface area contributed by atoms with Gasteiger partial charge in [0, 0.05) is 11.8 Å². The molecule has 1 unspecified atom stereocenters. The fourth-order valence-corrected chi connectivity index (χ4v) is 1.60. The first-order valence-corrected chi connectivity index (χ1v) is 4.01. The molecule has 0 heterocycles. The molecule has 0 aliphatic heterocycles. The molecule has 0 saturated heterocycles. The van der Waals surface area contributed by atoms with Crippen LogP contribution in [0.1, 0.15) is 26.2 Å². The van der Waals surface area contributed by atoms with E-state index in [9.17, 15) is 0 Å². The van der Waals surface area contributed by atoms with E-state index in [2.05, 4.69) is 31.4 Å². The molecule has 0 saturated carbocycles. The summed E-state index contributed by atoms with van der Waals surface area (Å²) in [7, 11) is 0. The van der Waals surface area contributed by atoms with E-state index >= 15 is 0 Å². The number of thiol groups is 1. The summed E-state index contributed by atoms with van der Waals surface area (Å²) in [5, 5.41) is 0. The molecule has 1 heteroatoms. The highest BCUT2D eigenvalue weighted by atomic mass is 32.1. The molecular formula is C8H12S. The molecular weight excluding hydrogens is 128 g/mol. The van der Waals surface area contributed by atoms with Crippen molar-refractivity contribution in [2.24, 2.45) is 5.41 Å². The summed E-state index contributed by atoms with van der Waals surface area (Å²) < 4.78 is 0. The second-order valence-electron chi connectivity index (χ2n) is 2.84. The van der Waals surface area contributed by atoms with E-state index in [-0.39, 0.29) is 0 Å². The quantitative estimate of drug-likeness (QED) is 0.441. The minimum Gasteiger partial charge on any atom is -0.179 e. The molecule has 1 rings (SSSR count). The third-order valence-electron chi connectivity index (χ3n) is 1.86. The molecule has 0 nitrogen and oxygen atoms in total. The van der Waals surface area contributed by atoms with E-state index < -0.39 is 0 Å².